The maximum Gasteiger partial charge on any atom is 0.678 e. The number of carbonyl (C=O) groups is 1. The highest BCUT2D eigenvalue weighted by atomic mass is 32.1. The van der Waals surface area contributed by atoms with E-state index >= 15 is 0 Å². The number of nitrogens with one attached hydrogen (secondary N) is 2. The van der Waals surface area contributed by atoms with Crippen molar-refractivity contribution in [2.45, 2.75) is 12.5 Å². The molecule has 0 saturated heterocycles. The van der Waals surface area contributed by atoms with Gasteiger partial charge in [0, 0.05) is 29.0 Å². The summed E-state index contributed by atoms with van der Waals surface area (Å²) in [5.41, 5.74) is 3.05. The molecule has 1 aliphatic heterocycles. The fourth-order valence-corrected chi connectivity index (χ4v) is 6.22. The highest BCUT2D eigenvalue weighted by Gasteiger charge is 2.24. The highest BCUT2D eigenvalue weighted by molar-refractivity contribution is 7.13. The third-order valence-corrected chi connectivity index (χ3v) is 8.90. The number of aliphatic hydroxyl groups is 1. The first kappa shape index (κ1) is 35.5. The first-order valence-electron chi connectivity index (χ1n) is 16.6. The van der Waals surface area contributed by atoms with Crippen molar-refractivity contribution in [3.63, 3.8) is 0 Å². The number of benzene rings is 3. The average Bonchev–Trinajstić information content (AvgIpc) is 3.93. The van der Waals surface area contributed by atoms with Crippen molar-refractivity contribution in [2.24, 2.45) is 4.99 Å². The second kappa shape index (κ2) is 17.6. The SMILES string of the molecule is O=C(COc1ccc(/C=C/C2=NC(=C\c3ccc(-c4cccs4)n3B(F)F)/C=C2)cc1)NCCCNC[C@H](O)COc1cccc2ccccc12. The molecule has 3 heterocycles. The van der Waals surface area contributed by atoms with Crippen LogP contribution in [-0.2, 0) is 4.79 Å². The second-order valence-electron chi connectivity index (χ2n) is 11.7. The molecule has 0 spiro atoms. The zero-order valence-electron chi connectivity index (χ0n) is 27.8. The second-order valence-corrected chi connectivity index (χ2v) is 12.7. The van der Waals surface area contributed by atoms with Crippen molar-refractivity contribution < 1.29 is 28.0 Å². The molecular formula is C39H37BF2N4O4S. The van der Waals surface area contributed by atoms with Crippen LogP contribution in [0.15, 0.2) is 125 Å². The number of nitrogens with zero attached hydrogens (tertiary/aromatic N) is 2. The normalized spacial score (nSPS) is 13.9. The van der Waals surface area contributed by atoms with Gasteiger partial charge in [-0.2, -0.15) is 0 Å². The summed E-state index contributed by atoms with van der Waals surface area (Å²) in [4.78, 5) is 17.6. The highest BCUT2D eigenvalue weighted by Crippen LogP contribution is 2.30. The molecule has 5 aromatic rings. The van der Waals surface area contributed by atoms with Crippen LogP contribution in [0.4, 0.5) is 8.63 Å². The topological polar surface area (TPSA) is 97.1 Å². The van der Waals surface area contributed by atoms with Gasteiger partial charge >= 0.3 is 7.40 Å². The molecule has 0 saturated carbocycles. The van der Waals surface area contributed by atoms with E-state index in [0.717, 1.165) is 31.4 Å². The molecule has 0 radical (unpaired) electrons. The monoisotopic (exact) mass is 706 g/mol. The van der Waals surface area contributed by atoms with Crippen LogP contribution >= 0.6 is 11.3 Å². The van der Waals surface area contributed by atoms with Gasteiger partial charge in [0.25, 0.3) is 5.91 Å². The minimum Gasteiger partial charge on any atom is -0.490 e. The van der Waals surface area contributed by atoms with E-state index in [0.29, 0.717) is 54.6 Å². The molecule has 2 aromatic heterocycles. The van der Waals surface area contributed by atoms with E-state index in [9.17, 15) is 18.5 Å². The van der Waals surface area contributed by atoms with E-state index in [1.165, 1.54) is 11.3 Å². The molecule has 0 aliphatic carbocycles. The van der Waals surface area contributed by atoms with Crippen LogP contribution in [0.25, 0.3) is 33.5 Å². The Kier molecular flexibility index (Phi) is 12.2. The lowest BCUT2D eigenvalue weighted by molar-refractivity contribution is -0.123. The molecule has 0 bridgehead atoms. The van der Waals surface area contributed by atoms with Crippen LogP contribution in [0.3, 0.4) is 0 Å². The molecule has 260 valence electrons. The summed E-state index contributed by atoms with van der Waals surface area (Å²) in [6, 6.07) is 28.2. The first-order chi connectivity index (χ1) is 24.9. The number of hydrogen-bond donors (Lipinski definition) is 3. The third-order valence-electron chi connectivity index (χ3n) is 8.01. The summed E-state index contributed by atoms with van der Waals surface area (Å²) in [5.74, 6) is 1.09. The fourth-order valence-electron chi connectivity index (χ4n) is 5.48. The van der Waals surface area contributed by atoms with Gasteiger partial charge in [0.1, 0.15) is 24.2 Å². The van der Waals surface area contributed by atoms with E-state index in [-0.39, 0.29) is 19.1 Å². The summed E-state index contributed by atoms with van der Waals surface area (Å²) in [6.07, 6.45) is 9.05. The number of fused-ring (bicyclic) bond motifs is 1. The Labute approximate surface area is 299 Å². The zero-order valence-corrected chi connectivity index (χ0v) is 28.6. The minimum atomic E-state index is -2.67. The molecule has 1 aliphatic rings. The third kappa shape index (κ3) is 9.91. The molecule has 0 fully saturated rings. The number of hydrogen-bond acceptors (Lipinski definition) is 7. The molecule has 51 heavy (non-hydrogen) atoms. The number of amides is 1. The van der Waals surface area contributed by atoms with Gasteiger partial charge in [-0.05, 0) is 90.0 Å². The van der Waals surface area contributed by atoms with Crippen molar-refractivity contribution in [1.29, 1.82) is 0 Å². The Morgan fingerprint density at radius 2 is 1.78 bits per heavy atom. The number of halogens is 2. The Morgan fingerprint density at radius 3 is 2.61 bits per heavy atom. The van der Waals surface area contributed by atoms with Gasteiger partial charge < -0.3 is 29.7 Å². The van der Waals surface area contributed by atoms with Gasteiger partial charge in [-0.1, -0.05) is 60.7 Å². The zero-order chi connectivity index (χ0) is 35.4. The number of rotatable bonds is 17. The maximum absolute atomic E-state index is 13.9. The van der Waals surface area contributed by atoms with Crippen molar-refractivity contribution in [3.8, 4) is 22.1 Å². The van der Waals surface area contributed by atoms with Crippen LogP contribution in [0.2, 0.25) is 0 Å². The van der Waals surface area contributed by atoms with Gasteiger partial charge in [0.2, 0.25) is 0 Å². The Bertz CT molecular complexity index is 2040. The minimum absolute atomic E-state index is 0.104. The fraction of sp³-hybridized carbons (Fsp3) is 0.179. The predicted molar refractivity (Wildman–Crippen MR) is 203 cm³/mol. The number of carbonyl (C=O) groups excluding carboxylic acids is 1. The van der Waals surface area contributed by atoms with Crippen molar-refractivity contribution in [2.75, 3.05) is 32.8 Å². The first-order valence-corrected chi connectivity index (χ1v) is 17.5. The Morgan fingerprint density at radius 1 is 0.941 bits per heavy atom. The van der Waals surface area contributed by atoms with Gasteiger partial charge in [0.15, 0.2) is 6.61 Å². The molecule has 12 heteroatoms. The quantitative estimate of drug-likeness (QED) is 0.0707. The molecule has 1 amide bonds. The van der Waals surface area contributed by atoms with Gasteiger partial charge in [-0.3, -0.25) is 13.4 Å². The van der Waals surface area contributed by atoms with Crippen LogP contribution in [0.1, 0.15) is 17.7 Å². The lowest BCUT2D eigenvalue weighted by atomic mass is 10.1. The molecule has 0 unspecified atom stereocenters. The molecule has 3 aromatic carbocycles. The predicted octanol–water partition coefficient (Wildman–Crippen LogP) is 7.12. The average molecular weight is 707 g/mol. The summed E-state index contributed by atoms with van der Waals surface area (Å²) in [5, 5.41) is 20.3. The van der Waals surface area contributed by atoms with Crippen LogP contribution in [0.5, 0.6) is 11.5 Å². The molecular weight excluding hydrogens is 669 g/mol. The van der Waals surface area contributed by atoms with E-state index in [4.69, 9.17) is 9.47 Å². The van der Waals surface area contributed by atoms with Crippen molar-refractivity contribution in [1.82, 2.24) is 15.1 Å². The van der Waals surface area contributed by atoms with Crippen LogP contribution in [-0.4, -0.2) is 67.6 Å². The number of aliphatic imine (C=N–C) groups is 1. The van der Waals surface area contributed by atoms with Gasteiger partial charge in [-0.15, -0.1) is 11.3 Å². The summed E-state index contributed by atoms with van der Waals surface area (Å²) in [7, 11) is -2.67. The number of ether oxygens (including phenoxy) is 2. The summed E-state index contributed by atoms with van der Waals surface area (Å²) in [6.45, 7) is 1.56. The molecule has 8 nitrogen and oxygen atoms in total. The largest absolute Gasteiger partial charge is 0.678 e. The lowest BCUT2D eigenvalue weighted by Crippen LogP contribution is -2.34. The molecule has 3 N–H and O–H groups in total. The van der Waals surface area contributed by atoms with E-state index in [1.807, 2.05) is 90.3 Å². The Hall–Kier alpha value is -5.30. The van der Waals surface area contributed by atoms with Crippen molar-refractivity contribution >= 4 is 53.3 Å². The lowest BCUT2D eigenvalue weighted by Gasteiger charge is -2.14. The maximum atomic E-state index is 13.9. The Balaban J connectivity index is 0.868. The van der Waals surface area contributed by atoms with E-state index < -0.39 is 13.5 Å². The standard InChI is InChI=1S/C39H37BF2N4O4S/c41-40(42)46-32(17-20-36(46)38-10-4-23-51-38)24-31-16-15-30(45-31)14-11-28-12-18-34(19-13-28)49-27-39(48)44-22-5-21-43-25-33(47)26-50-37-9-3-7-29-6-1-2-8-35(29)37/h1-4,6-20,23-24,33,43,47H,5,21-22,25-27H2,(H,44,48)/b14-11+,31-24-/t33-/m0/s1. The van der Waals surface area contributed by atoms with E-state index in [1.54, 1.807) is 36.4 Å². The van der Waals surface area contributed by atoms with Gasteiger partial charge in [-0.25, -0.2) is 4.99 Å². The number of thiophene rings is 1. The smallest absolute Gasteiger partial charge is 0.490 e. The van der Waals surface area contributed by atoms with Crippen LogP contribution in [0, 0.1) is 0 Å². The summed E-state index contributed by atoms with van der Waals surface area (Å²) < 4.78 is 40.3. The van der Waals surface area contributed by atoms with E-state index in [2.05, 4.69) is 15.6 Å². The number of aliphatic hydroxyl groups excluding tert-OH is 1. The molecule has 6 rings (SSSR count). The van der Waals surface area contributed by atoms with Crippen molar-refractivity contribution in [3.05, 3.63) is 132 Å². The number of allylic oxidation sites excluding steroid dienone is 3. The molecule has 1 atom stereocenters. The van der Waals surface area contributed by atoms with Gasteiger partial charge in [0.05, 0.1) is 17.1 Å². The number of aromatic nitrogens is 1. The van der Waals surface area contributed by atoms with Crippen LogP contribution < -0.4 is 20.1 Å². The summed E-state index contributed by atoms with van der Waals surface area (Å²) >= 11 is 1.42.